The van der Waals surface area contributed by atoms with Gasteiger partial charge in [0.05, 0.1) is 20.9 Å². The van der Waals surface area contributed by atoms with Crippen molar-refractivity contribution in [2.24, 2.45) is 0 Å². The zero-order valence-electron chi connectivity index (χ0n) is 12.6. The van der Waals surface area contributed by atoms with Crippen molar-refractivity contribution in [3.63, 3.8) is 0 Å². The fourth-order valence-electron chi connectivity index (χ4n) is 2.57. The van der Waals surface area contributed by atoms with Crippen molar-refractivity contribution in [3.8, 4) is 0 Å². The van der Waals surface area contributed by atoms with E-state index in [9.17, 15) is 30.0 Å². The summed E-state index contributed by atoms with van der Waals surface area (Å²) >= 11 is 0. The summed E-state index contributed by atoms with van der Waals surface area (Å²) in [7, 11) is -3.53. The lowest BCUT2D eigenvalue weighted by Gasteiger charge is -2.12. The molecule has 0 radical (unpaired) electrons. The molecular formula is C15H9ClF3NO4S2. The van der Waals surface area contributed by atoms with Gasteiger partial charge in [-0.2, -0.15) is 13.2 Å². The molecular weight excluding hydrogens is 415 g/mol. The Bertz CT molecular complexity index is 1200. The molecule has 0 saturated carbocycles. The molecule has 0 fully saturated rings. The Kier molecular flexibility index (Phi) is 4.32. The van der Waals surface area contributed by atoms with Crippen LogP contribution in [0.5, 0.6) is 0 Å². The number of sulfone groups is 1. The fraction of sp³-hybridized carbons (Fsp3) is 0.0667. The zero-order valence-corrected chi connectivity index (χ0v) is 15.0. The lowest BCUT2D eigenvalue weighted by molar-refractivity contribution is -0.136. The van der Waals surface area contributed by atoms with Gasteiger partial charge in [0.15, 0.2) is 0 Å². The van der Waals surface area contributed by atoms with Crippen LogP contribution in [0.3, 0.4) is 0 Å². The summed E-state index contributed by atoms with van der Waals surface area (Å²) < 4.78 is 88.8. The number of benzene rings is 2. The van der Waals surface area contributed by atoms with Gasteiger partial charge < -0.3 is 4.98 Å². The van der Waals surface area contributed by atoms with Crippen LogP contribution in [-0.2, 0) is 25.1 Å². The number of rotatable bonds is 3. The molecule has 0 amide bonds. The van der Waals surface area contributed by atoms with E-state index in [0.717, 1.165) is 12.3 Å². The minimum atomic E-state index is -4.91. The molecule has 11 heteroatoms. The molecule has 0 aliphatic rings. The summed E-state index contributed by atoms with van der Waals surface area (Å²) in [6, 6.07) is 8.36. The van der Waals surface area contributed by atoms with Crippen LogP contribution < -0.4 is 0 Å². The molecule has 0 unspecified atom stereocenters. The van der Waals surface area contributed by atoms with Crippen molar-refractivity contribution in [3.05, 3.63) is 54.2 Å². The summed E-state index contributed by atoms with van der Waals surface area (Å²) in [5, 5.41) is -0.815. The Balaban J connectivity index is 2.44. The number of aromatic amines is 1. The van der Waals surface area contributed by atoms with E-state index in [1.165, 1.54) is 24.3 Å². The van der Waals surface area contributed by atoms with E-state index < -0.39 is 51.3 Å². The van der Waals surface area contributed by atoms with Gasteiger partial charge in [0.2, 0.25) is 9.84 Å². The van der Waals surface area contributed by atoms with Crippen LogP contribution >= 0.6 is 10.7 Å². The molecule has 0 atom stereocenters. The van der Waals surface area contributed by atoms with Gasteiger partial charge in [-0.25, -0.2) is 16.8 Å². The predicted octanol–water partition coefficient (Wildman–Crippen LogP) is 3.95. The van der Waals surface area contributed by atoms with E-state index in [1.807, 2.05) is 0 Å². The Morgan fingerprint density at radius 3 is 2.04 bits per heavy atom. The first-order valence-electron chi connectivity index (χ1n) is 6.90. The number of H-pyrrole nitrogens is 1. The molecule has 3 rings (SSSR count). The van der Waals surface area contributed by atoms with Crippen molar-refractivity contribution >= 4 is 40.5 Å². The molecule has 0 bridgehead atoms. The average molecular weight is 424 g/mol. The zero-order chi connectivity index (χ0) is 19.3. The normalized spacial score (nSPS) is 13.2. The Morgan fingerprint density at radius 2 is 1.50 bits per heavy atom. The first kappa shape index (κ1) is 18.7. The van der Waals surface area contributed by atoms with Gasteiger partial charge in [0.25, 0.3) is 9.05 Å². The van der Waals surface area contributed by atoms with Crippen molar-refractivity contribution in [1.82, 2.24) is 4.98 Å². The number of alkyl halides is 3. The molecule has 26 heavy (non-hydrogen) atoms. The molecule has 1 N–H and O–H groups in total. The molecule has 138 valence electrons. The van der Waals surface area contributed by atoms with Crippen LogP contribution in [0.4, 0.5) is 13.2 Å². The molecule has 0 saturated heterocycles. The van der Waals surface area contributed by atoms with Crippen molar-refractivity contribution in [2.75, 3.05) is 0 Å². The number of hydrogen-bond donors (Lipinski definition) is 1. The van der Waals surface area contributed by atoms with Gasteiger partial charge >= 0.3 is 6.18 Å². The number of hydrogen-bond acceptors (Lipinski definition) is 4. The van der Waals surface area contributed by atoms with Gasteiger partial charge in [0.1, 0.15) is 4.90 Å². The van der Waals surface area contributed by atoms with Crippen LogP contribution in [0, 0.1) is 0 Å². The van der Waals surface area contributed by atoms with Gasteiger partial charge in [-0.3, -0.25) is 0 Å². The third kappa shape index (κ3) is 3.08. The predicted molar refractivity (Wildman–Crippen MR) is 88.2 cm³/mol. The molecule has 2 aromatic carbocycles. The maximum atomic E-state index is 13.3. The third-order valence-corrected chi connectivity index (χ3v) is 6.83. The molecule has 0 aliphatic heterocycles. The molecule has 3 aromatic rings. The first-order valence-corrected chi connectivity index (χ1v) is 10.7. The minimum absolute atomic E-state index is 0.147. The highest BCUT2D eigenvalue weighted by Gasteiger charge is 2.37. The number of aromatic nitrogens is 1. The summed E-state index contributed by atoms with van der Waals surface area (Å²) in [5.41, 5.74) is -1.79. The summed E-state index contributed by atoms with van der Waals surface area (Å²) in [6.45, 7) is 0. The number of halogens is 4. The van der Waals surface area contributed by atoms with E-state index in [1.54, 1.807) is 6.07 Å². The fourth-order valence-corrected chi connectivity index (χ4v) is 5.04. The Labute approximate surface area is 150 Å². The monoisotopic (exact) mass is 423 g/mol. The standard InChI is InChI=1S/C15H9ClF3NO4S2/c16-26(23,24)12-8-20-14-11(7-6-10(13(12)14)15(17,18)19)25(21,22)9-4-2-1-3-5-9/h1-8,20H. The van der Waals surface area contributed by atoms with E-state index in [2.05, 4.69) is 4.98 Å². The largest absolute Gasteiger partial charge is 0.417 e. The van der Waals surface area contributed by atoms with E-state index in [-0.39, 0.29) is 4.90 Å². The second kappa shape index (κ2) is 6.00. The van der Waals surface area contributed by atoms with Gasteiger partial charge in [-0.15, -0.1) is 0 Å². The van der Waals surface area contributed by atoms with E-state index in [0.29, 0.717) is 6.07 Å². The van der Waals surface area contributed by atoms with Gasteiger partial charge in [0, 0.05) is 22.3 Å². The highest BCUT2D eigenvalue weighted by atomic mass is 35.7. The summed E-state index contributed by atoms with van der Waals surface area (Å²) in [5.74, 6) is 0. The maximum absolute atomic E-state index is 13.3. The number of nitrogens with one attached hydrogen (secondary N) is 1. The van der Waals surface area contributed by atoms with Gasteiger partial charge in [-0.05, 0) is 24.3 Å². The van der Waals surface area contributed by atoms with E-state index >= 15 is 0 Å². The maximum Gasteiger partial charge on any atom is 0.417 e. The van der Waals surface area contributed by atoms with Crippen LogP contribution in [-0.4, -0.2) is 21.8 Å². The molecule has 1 aromatic heterocycles. The van der Waals surface area contributed by atoms with Crippen molar-refractivity contribution in [2.45, 2.75) is 20.9 Å². The SMILES string of the molecule is O=S(=O)(Cl)c1c[nH]c2c(S(=O)(=O)c3ccccc3)ccc(C(F)(F)F)c12. The number of fused-ring (bicyclic) bond motifs is 1. The second-order valence-corrected chi connectivity index (χ2v) is 9.72. The van der Waals surface area contributed by atoms with Crippen LogP contribution in [0.25, 0.3) is 10.9 Å². The lowest BCUT2D eigenvalue weighted by Crippen LogP contribution is -2.09. The molecule has 0 spiro atoms. The highest BCUT2D eigenvalue weighted by molar-refractivity contribution is 8.14. The lowest BCUT2D eigenvalue weighted by atomic mass is 10.1. The van der Waals surface area contributed by atoms with Crippen LogP contribution in [0.15, 0.2) is 63.3 Å². The Morgan fingerprint density at radius 1 is 0.885 bits per heavy atom. The van der Waals surface area contributed by atoms with Crippen LogP contribution in [0.1, 0.15) is 5.56 Å². The topological polar surface area (TPSA) is 84.1 Å². The molecule has 1 heterocycles. The second-order valence-electron chi connectivity index (χ2n) is 5.27. The first-order chi connectivity index (χ1) is 11.9. The molecule has 5 nitrogen and oxygen atoms in total. The van der Waals surface area contributed by atoms with Gasteiger partial charge in [-0.1, -0.05) is 18.2 Å². The smallest absolute Gasteiger partial charge is 0.359 e. The van der Waals surface area contributed by atoms with Crippen LogP contribution in [0.2, 0.25) is 0 Å². The minimum Gasteiger partial charge on any atom is -0.359 e. The third-order valence-electron chi connectivity index (χ3n) is 3.67. The highest BCUT2D eigenvalue weighted by Crippen LogP contribution is 2.41. The average Bonchev–Trinajstić information content (AvgIpc) is 2.98. The molecule has 0 aliphatic carbocycles. The quantitative estimate of drug-likeness (QED) is 0.646. The Hall–Kier alpha value is -2.04. The summed E-state index contributed by atoms with van der Waals surface area (Å²) in [6.07, 6.45) is -4.17. The van der Waals surface area contributed by atoms with E-state index in [4.69, 9.17) is 10.7 Å². The van der Waals surface area contributed by atoms with Crippen molar-refractivity contribution in [1.29, 1.82) is 0 Å². The van der Waals surface area contributed by atoms with Crippen molar-refractivity contribution < 1.29 is 30.0 Å². The summed E-state index contributed by atoms with van der Waals surface area (Å²) in [4.78, 5) is 0.833.